The first kappa shape index (κ1) is 19.1. The fourth-order valence-corrected chi connectivity index (χ4v) is 3.49. The highest BCUT2D eigenvalue weighted by Crippen LogP contribution is 2.17. The van der Waals surface area contributed by atoms with E-state index in [2.05, 4.69) is 25.7 Å². The topological polar surface area (TPSA) is 79.6 Å². The first-order chi connectivity index (χ1) is 12.7. The van der Waals surface area contributed by atoms with E-state index in [-0.39, 0.29) is 0 Å². The highest BCUT2D eigenvalue weighted by atomic mass is 16.5. The van der Waals surface area contributed by atoms with E-state index in [1.807, 2.05) is 18.5 Å². The lowest BCUT2D eigenvalue weighted by molar-refractivity contribution is 0.0376. The number of guanidine groups is 1. The second-order valence-corrected chi connectivity index (χ2v) is 7.25. The summed E-state index contributed by atoms with van der Waals surface area (Å²) in [6, 6.07) is 0.543. The molecule has 0 unspecified atom stereocenters. The van der Waals surface area contributed by atoms with E-state index in [0.29, 0.717) is 12.6 Å². The molecule has 2 heterocycles. The van der Waals surface area contributed by atoms with Crippen LogP contribution in [0.5, 0.6) is 0 Å². The highest BCUT2D eigenvalue weighted by molar-refractivity contribution is 5.80. The largest absolute Gasteiger partial charge is 0.379 e. The van der Waals surface area contributed by atoms with Crippen LogP contribution in [0.2, 0.25) is 0 Å². The molecule has 1 saturated carbocycles. The van der Waals surface area contributed by atoms with Gasteiger partial charge in [-0.2, -0.15) is 0 Å². The van der Waals surface area contributed by atoms with E-state index in [9.17, 15) is 0 Å². The minimum atomic E-state index is 0.543. The van der Waals surface area contributed by atoms with Crippen molar-refractivity contribution in [3.8, 4) is 0 Å². The molecule has 8 nitrogen and oxygen atoms in total. The number of nitrogens with zero attached hydrogens (tertiary/aromatic N) is 5. The number of hydrogen-bond acceptors (Lipinski definition) is 5. The van der Waals surface area contributed by atoms with Crippen LogP contribution in [-0.4, -0.2) is 71.1 Å². The molecule has 3 rings (SSSR count). The summed E-state index contributed by atoms with van der Waals surface area (Å²) in [5, 5.41) is 15.4. The number of hydrogen-bond donors (Lipinski definition) is 2. The minimum Gasteiger partial charge on any atom is -0.379 e. The molecular weight excluding hydrogens is 330 g/mol. The maximum absolute atomic E-state index is 5.40. The molecule has 0 radical (unpaired) electrons. The number of rotatable bonds is 7. The first-order valence-corrected chi connectivity index (χ1v) is 9.92. The summed E-state index contributed by atoms with van der Waals surface area (Å²) < 4.78 is 7.40. The van der Waals surface area contributed by atoms with Crippen LogP contribution in [0, 0.1) is 6.92 Å². The molecule has 2 aliphatic rings. The Labute approximate surface area is 156 Å². The van der Waals surface area contributed by atoms with E-state index in [0.717, 1.165) is 63.4 Å². The van der Waals surface area contributed by atoms with Gasteiger partial charge in [0.25, 0.3) is 0 Å². The van der Waals surface area contributed by atoms with Gasteiger partial charge in [-0.05, 0) is 32.7 Å². The lowest BCUT2D eigenvalue weighted by Crippen LogP contribution is -2.44. The average Bonchev–Trinajstić information content (AvgIpc) is 3.28. The van der Waals surface area contributed by atoms with Crippen molar-refractivity contribution in [2.24, 2.45) is 12.0 Å². The summed E-state index contributed by atoms with van der Waals surface area (Å²) in [5.41, 5.74) is 0. The van der Waals surface area contributed by atoms with Crippen molar-refractivity contribution in [3.63, 3.8) is 0 Å². The van der Waals surface area contributed by atoms with Crippen LogP contribution >= 0.6 is 0 Å². The van der Waals surface area contributed by atoms with Crippen molar-refractivity contribution < 1.29 is 4.74 Å². The molecule has 0 atom stereocenters. The summed E-state index contributed by atoms with van der Waals surface area (Å²) in [6.07, 6.45) is 6.19. The zero-order chi connectivity index (χ0) is 18.2. The molecule has 146 valence electrons. The molecule has 0 bridgehead atoms. The molecule has 1 aromatic rings. The standard InChI is InChI=1S/C18H33N7O/c1-15-22-23-17(24(15)2)14-20-18(21-16-6-3-4-7-16)19-8-5-9-25-10-12-26-13-11-25/h16H,3-14H2,1-2H3,(H2,19,20,21). The molecular formula is C18H33N7O. The van der Waals surface area contributed by atoms with Crippen molar-refractivity contribution in [2.75, 3.05) is 39.4 Å². The number of aryl methyl sites for hydroxylation is 1. The maximum atomic E-state index is 5.40. The van der Waals surface area contributed by atoms with Gasteiger partial charge in [0.1, 0.15) is 12.4 Å². The molecule has 26 heavy (non-hydrogen) atoms. The van der Waals surface area contributed by atoms with Gasteiger partial charge in [-0.3, -0.25) is 4.90 Å². The second-order valence-electron chi connectivity index (χ2n) is 7.25. The van der Waals surface area contributed by atoms with Gasteiger partial charge in [-0.15, -0.1) is 10.2 Å². The molecule has 0 spiro atoms. The zero-order valence-electron chi connectivity index (χ0n) is 16.2. The lowest BCUT2D eigenvalue weighted by Gasteiger charge is -2.26. The molecule has 1 aromatic heterocycles. The molecule has 1 aliphatic heterocycles. The summed E-state index contributed by atoms with van der Waals surface area (Å²) >= 11 is 0. The molecule has 1 aliphatic carbocycles. The molecule has 2 fully saturated rings. The van der Waals surface area contributed by atoms with Gasteiger partial charge in [-0.1, -0.05) is 12.8 Å². The Balaban J connectivity index is 1.48. The third-order valence-corrected chi connectivity index (χ3v) is 5.30. The van der Waals surface area contributed by atoms with Gasteiger partial charge in [-0.25, -0.2) is 4.99 Å². The first-order valence-electron chi connectivity index (χ1n) is 9.92. The molecule has 2 N–H and O–H groups in total. The van der Waals surface area contributed by atoms with Crippen LogP contribution in [0.1, 0.15) is 43.8 Å². The van der Waals surface area contributed by atoms with Gasteiger partial charge in [0.15, 0.2) is 11.8 Å². The van der Waals surface area contributed by atoms with Crippen LogP contribution < -0.4 is 10.6 Å². The number of ether oxygens (including phenoxy) is 1. The van der Waals surface area contributed by atoms with Crippen molar-refractivity contribution in [1.82, 2.24) is 30.3 Å². The van der Waals surface area contributed by atoms with Crippen molar-refractivity contribution in [2.45, 2.75) is 51.6 Å². The van der Waals surface area contributed by atoms with Crippen molar-refractivity contribution in [1.29, 1.82) is 0 Å². The normalized spacial score (nSPS) is 19.8. The quantitative estimate of drug-likeness (QED) is 0.424. The number of aromatic nitrogens is 3. The fourth-order valence-electron chi connectivity index (χ4n) is 3.49. The van der Waals surface area contributed by atoms with E-state index in [4.69, 9.17) is 9.73 Å². The summed E-state index contributed by atoms with van der Waals surface area (Å²) in [5.74, 6) is 2.71. The molecule has 0 aromatic carbocycles. The minimum absolute atomic E-state index is 0.543. The van der Waals surface area contributed by atoms with E-state index in [1.165, 1.54) is 25.7 Å². The summed E-state index contributed by atoms with van der Waals surface area (Å²) in [7, 11) is 1.99. The third kappa shape index (κ3) is 5.67. The SMILES string of the molecule is Cc1nnc(CN=C(NCCCN2CCOCC2)NC2CCCC2)n1C. The monoisotopic (exact) mass is 363 g/mol. The highest BCUT2D eigenvalue weighted by Gasteiger charge is 2.16. The Morgan fingerprint density at radius 3 is 2.69 bits per heavy atom. The van der Waals surface area contributed by atoms with Crippen LogP contribution in [0.4, 0.5) is 0 Å². The van der Waals surface area contributed by atoms with E-state index >= 15 is 0 Å². The smallest absolute Gasteiger partial charge is 0.191 e. The second kappa shape index (κ2) is 9.87. The fraction of sp³-hybridized carbons (Fsp3) is 0.833. The van der Waals surface area contributed by atoms with Crippen LogP contribution in [0.3, 0.4) is 0 Å². The predicted molar refractivity (Wildman–Crippen MR) is 102 cm³/mol. The van der Waals surface area contributed by atoms with Gasteiger partial charge in [0.05, 0.1) is 13.2 Å². The number of nitrogens with one attached hydrogen (secondary N) is 2. The Bertz CT molecular complexity index is 574. The third-order valence-electron chi connectivity index (χ3n) is 5.30. The number of morpholine rings is 1. The number of aliphatic imine (C=N–C) groups is 1. The maximum Gasteiger partial charge on any atom is 0.191 e. The van der Waals surface area contributed by atoms with Gasteiger partial charge in [0.2, 0.25) is 0 Å². The molecule has 0 amide bonds. The summed E-state index contributed by atoms with van der Waals surface area (Å²) in [4.78, 5) is 7.22. The van der Waals surface area contributed by atoms with Crippen LogP contribution in [0.15, 0.2) is 4.99 Å². The van der Waals surface area contributed by atoms with Gasteiger partial charge >= 0.3 is 0 Å². The van der Waals surface area contributed by atoms with Crippen LogP contribution in [0.25, 0.3) is 0 Å². The van der Waals surface area contributed by atoms with E-state index in [1.54, 1.807) is 0 Å². The van der Waals surface area contributed by atoms with E-state index < -0.39 is 0 Å². The van der Waals surface area contributed by atoms with Crippen molar-refractivity contribution in [3.05, 3.63) is 11.6 Å². The Kier molecular flexibility index (Phi) is 7.25. The predicted octanol–water partition coefficient (Wildman–Crippen LogP) is 0.824. The Morgan fingerprint density at radius 2 is 2.00 bits per heavy atom. The Morgan fingerprint density at radius 1 is 1.23 bits per heavy atom. The summed E-state index contributed by atoms with van der Waals surface area (Å²) in [6.45, 7) is 8.36. The molecule has 1 saturated heterocycles. The average molecular weight is 364 g/mol. The Hall–Kier alpha value is -1.67. The zero-order valence-corrected chi connectivity index (χ0v) is 16.2. The lowest BCUT2D eigenvalue weighted by atomic mass is 10.2. The van der Waals surface area contributed by atoms with Gasteiger partial charge in [0, 0.05) is 32.7 Å². The van der Waals surface area contributed by atoms with Crippen LogP contribution in [-0.2, 0) is 18.3 Å². The molecule has 8 heteroatoms. The van der Waals surface area contributed by atoms with Gasteiger partial charge < -0.3 is 19.9 Å². The van der Waals surface area contributed by atoms with Crippen molar-refractivity contribution >= 4 is 5.96 Å².